The first-order valence-corrected chi connectivity index (χ1v) is 59.9. The molecule has 8 aromatic heterocycles. The Bertz CT molecular complexity index is 7240. The summed E-state index contributed by atoms with van der Waals surface area (Å²) in [6.45, 7) is 31.6. The van der Waals surface area contributed by atoms with Crippen molar-refractivity contribution >= 4 is 218 Å². The van der Waals surface area contributed by atoms with Crippen LogP contribution in [-0.4, -0.2) is 156 Å². The normalized spacial score (nSPS) is 12.8. The number of aryl methyl sites for hydroxylation is 3. The largest absolute Gasteiger partial charge is 0.417 e. The summed E-state index contributed by atoms with van der Waals surface area (Å²) in [5, 5.41) is 11.9. The fourth-order valence-electron chi connectivity index (χ4n) is 18.0. The van der Waals surface area contributed by atoms with Crippen molar-refractivity contribution in [2.75, 3.05) is 73.4 Å². The highest BCUT2D eigenvalue weighted by molar-refractivity contribution is 9.11. The van der Waals surface area contributed by atoms with E-state index >= 15 is 0 Å². The van der Waals surface area contributed by atoms with Crippen molar-refractivity contribution in [3.05, 3.63) is 265 Å². The van der Waals surface area contributed by atoms with Crippen LogP contribution in [0.4, 0.5) is 75.4 Å². The lowest BCUT2D eigenvalue weighted by Crippen LogP contribution is -2.51. The minimum Gasteiger partial charge on any atom is -0.382 e. The minimum absolute atomic E-state index is 0.0457. The fourth-order valence-corrected chi connectivity index (χ4v) is 39.2. The van der Waals surface area contributed by atoms with Gasteiger partial charge in [-0.1, -0.05) is 145 Å². The van der Waals surface area contributed by atoms with Crippen molar-refractivity contribution in [3.63, 3.8) is 0 Å². The summed E-state index contributed by atoms with van der Waals surface area (Å²) in [7, 11) is -15.2. The van der Waals surface area contributed by atoms with E-state index < -0.39 is 169 Å². The van der Waals surface area contributed by atoms with Gasteiger partial charge < -0.3 is 37.3 Å². The Labute approximate surface area is 912 Å². The molecular weight excluding hydrogens is 2430 g/mol. The van der Waals surface area contributed by atoms with Gasteiger partial charge in [-0.05, 0) is 257 Å². The molecule has 0 saturated carbocycles. The number of alkyl halides is 13. The lowest BCUT2D eigenvalue weighted by Gasteiger charge is -2.44. The van der Waals surface area contributed by atoms with Crippen molar-refractivity contribution in [1.82, 2.24) is 38.4 Å². The van der Waals surface area contributed by atoms with Crippen LogP contribution in [-0.2, 0) is 107 Å². The predicted molar refractivity (Wildman–Crippen MR) is 571 cm³/mol. The van der Waals surface area contributed by atoms with Gasteiger partial charge >= 0.3 is 24.7 Å². The zero-order valence-electron chi connectivity index (χ0n) is 83.6. The van der Waals surface area contributed by atoms with Gasteiger partial charge in [-0.25, -0.2) is 71.5 Å². The monoisotopic (exact) mass is 2540 g/mol. The molecule has 814 valence electrons. The molecule has 2 N–H and O–H groups in total. The van der Waals surface area contributed by atoms with Crippen molar-refractivity contribution in [2.24, 2.45) is 0 Å². The van der Waals surface area contributed by atoms with E-state index in [4.69, 9.17) is 80.1 Å². The van der Waals surface area contributed by atoms with Crippen molar-refractivity contribution in [1.29, 1.82) is 0 Å². The maximum atomic E-state index is 14.2. The molecule has 0 aliphatic rings. The Morgan fingerprint density at radius 1 is 0.416 bits per heavy atom. The first-order chi connectivity index (χ1) is 69.2. The van der Waals surface area contributed by atoms with Crippen LogP contribution in [0.15, 0.2) is 192 Å². The summed E-state index contributed by atoms with van der Waals surface area (Å²) in [6.07, 6.45) is -6.08. The number of aldehydes is 1. The number of anilines is 4. The molecule has 53 heteroatoms. The Morgan fingerprint density at radius 2 is 0.738 bits per heavy atom. The minimum atomic E-state index is -4.90. The second kappa shape index (κ2) is 51.6. The number of ether oxygens (including phenoxy) is 5. The van der Waals surface area contributed by atoms with Crippen LogP contribution in [0.1, 0.15) is 166 Å². The van der Waals surface area contributed by atoms with Crippen molar-refractivity contribution in [3.8, 4) is 0 Å². The number of hydrogen-bond donors (Lipinski definition) is 2. The quantitative estimate of drug-likeness (QED) is 0.00945. The van der Waals surface area contributed by atoms with Crippen molar-refractivity contribution in [2.45, 2.75) is 206 Å². The van der Waals surface area contributed by atoms with E-state index in [0.717, 1.165) is 89.9 Å². The SMILES string of the molecule is COCN(c1cc(CBr)cnc1Br)S(=O)(=O)c1ccc(Cl)c(C(F)(F)F)c1.COCc1cnc(Br)c(N(COC)S(=O)(=O)c2ccc(Cl)c(C(F)(F)F)c2)c1.COCc1cnc(C(O)c2c(C)cnc3c2ccn3[Si](C(C)C)(C(C)C)C(C)C)c(N(COC)S(=O)(=O)c2ccc(Cl)c(C(F)(F)F)c2)c1.Cc1cnc(Br)c(NS(=O)(=O)c2ccc(Cl)c(C(F)(F)F)c2)c1.Cc1cnc2c(ccn2[Si](C(C)C)(C(C)C)C(C)C)c1C=O. The third-order valence-electron chi connectivity index (χ3n) is 24.2. The molecule has 12 rings (SSSR count). The summed E-state index contributed by atoms with van der Waals surface area (Å²) < 4.78 is 299. The van der Waals surface area contributed by atoms with E-state index in [1.165, 1.54) is 84.6 Å². The molecule has 27 nitrogen and oxygen atoms in total. The number of carbonyl (C=O) groups excluding carboxylic acids is 1. The van der Waals surface area contributed by atoms with Gasteiger partial charge in [-0.15, -0.1) is 0 Å². The molecule has 0 fully saturated rings. The summed E-state index contributed by atoms with van der Waals surface area (Å²) >= 11 is 35.1. The molecule has 0 aliphatic heterocycles. The topological polar surface area (TPSA) is 329 Å². The van der Waals surface area contributed by atoms with Gasteiger partial charge in [0.05, 0.1) is 104 Å². The Morgan fingerprint density at radius 3 is 1.09 bits per heavy atom. The number of aliphatic hydroxyl groups is 1. The van der Waals surface area contributed by atoms with Gasteiger partial charge in [0.2, 0.25) is 0 Å². The molecule has 0 bridgehead atoms. The summed E-state index contributed by atoms with van der Waals surface area (Å²) in [5.74, 6) is 0. The molecule has 0 saturated heterocycles. The van der Waals surface area contributed by atoms with Crippen LogP contribution in [0.25, 0.3) is 22.1 Å². The Hall–Kier alpha value is -8.04. The van der Waals surface area contributed by atoms with Crippen LogP contribution in [0, 0.1) is 20.8 Å². The number of fused-ring (bicyclic) bond motifs is 2. The van der Waals surface area contributed by atoms with E-state index in [2.05, 4.69) is 192 Å². The molecule has 0 spiro atoms. The van der Waals surface area contributed by atoms with E-state index in [1.807, 2.05) is 25.4 Å². The maximum absolute atomic E-state index is 14.2. The lowest BCUT2D eigenvalue weighted by molar-refractivity contribution is -0.138. The number of sulfonamides is 4. The number of nitrogens with one attached hydrogen (secondary N) is 1. The second-order valence-electron chi connectivity index (χ2n) is 35.7. The number of nitrogens with zero attached hydrogens (tertiary/aromatic N) is 11. The first kappa shape index (κ1) is 126. The number of aliphatic hydroxyl groups excluding tert-OH is 1. The number of aromatic nitrogens is 8. The molecule has 4 aromatic carbocycles. The molecule has 1 unspecified atom stereocenters. The van der Waals surface area contributed by atoms with Gasteiger partial charge in [-0.3, -0.25) is 14.5 Å². The third-order valence-corrected chi connectivity index (χ3v) is 48.1. The van der Waals surface area contributed by atoms with Crippen molar-refractivity contribution < 1.29 is 120 Å². The zero-order valence-corrected chi connectivity index (χ0v) is 98.3. The molecule has 1 atom stereocenters. The fraction of sp³-hybridized carbons (Fsp3) is 0.385. The van der Waals surface area contributed by atoms with Gasteiger partial charge in [0.15, 0.2) is 22.8 Å². The highest BCUT2D eigenvalue weighted by Gasteiger charge is 2.49. The standard InChI is InChI=1S/C34H44ClF3N4O5SSi.C18H28N2OSi.C16H15BrClF3N2O4S.C15H12Br2ClF3N2O3S.C13H9BrClF3N2O2S/c1-20(2)49(21(3)4,22(5)6)42-13-12-26-30(23(7)16-40-33(26)42)32(43)31-29(14-24(17-39-31)18-46-8)41(19-47-9)48(44,45)25-10-11-28(35)27(15-25)34(36,37)38;1-12(2)22(13(3)4,14(5)6)20-9-8-16-17(11-21)15(7)10-19-18(16)20;1-26-8-10-5-14(15(17)22-7-10)23(9-27-2)28(24,25)11-3-4-13(18)12(6-11)16(19,20)21;1-26-8-23(13-4-9(6-16)7-22-14(13)17)27(24,25)10-2-3-12(18)11(5-10)15(19,20)21;1-7-4-11(12(14)19-6-7)20-23(21,22)8-2-3-10(15)9(5-8)13(16,17)18/h10-17,20-22,32,43H,18-19H2,1-9H3;8-14H,1-7H3;3-7H,8-9H2,1-2H3;2-5,7H,6,8H2,1H3;2-6,20H,1H3. The number of methoxy groups -OCH3 is 5. The van der Waals surface area contributed by atoms with Gasteiger partial charge in [0.25, 0.3) is 40.1 Å². The van der Waals surface area contributed by atoms with Crippen LogP contribution < -0.4 is 17.6 Å². The highest BCUT2D eigenvalue weighted by atomic mass is 79.9. The van der Waals surface area contributed by atoms with E-state index in [0.29, 0.717) is 107 Å². The van der Waals surface area contributed by atoms with E-state index in [1.54, 1.807) is 20.0 Å². The number of rotatable bonds is 34. The highest BCUT2D eigenvalue weighted by Crippen LogP contribution is 2.50. The average Bonchev–Trinajstić information content (AvgIpc) is 1.60. The summed E-state index contributed by atoms with van der Waals surface area (Å²) in [4.78, 5) is 35.2. The second-order valence-corrected chi connectivity index (χ2v) is 58.8. The number of carbonyl (C=O) groups is 1. The lowest BCUT2D eigenvalue weighted by atomic mass is 9.98. The molecule has 12 aromatic rings. The Balaban J connectivity index is 0.000000236. The summed E-state index contributed by atoms with van der Waals surface area (Å²) in [5.41, 5.74) is 4.97. The predicted octanol–water partition coefficient (Wildman–Crippen LogP) is 27.9. The van der Waals surface area contributed by atoms with Crippen LogP contribution in [0.2, 0.25) is 53.3 Å². The number of hydrogen-bond acceptors (Lipinski definition) is 21. The van der Waals surface area contributed by atoms with Crippen LogP contribution >= 0.6 is 110 Å². The van der Waals surface area contributed by atoms with Crippen LogP contribution in [0.5, 0.6) is 0 Å². The summed E-state index contributed by atoms with van der Waals surface area (Å²) in [6, 6.07) is 19.5. The molecule has 8 heterocycles. The number of benzene rings is 4. The molecule has 0 aliphatic carbocycles. The van der Waals surface area contributed by atoms with Crippen LogP contribution in [0.3, 0.4) is 0 Å². The molecular formula is C96H108Br4Cl4F12N12O15S4Si2. The maximum Gasteiger partial charge on any atom is 0.417 e. The first-order valence-electron chi connectivity index (χ1n) is 44.7. The van der Waals surface area contributed by atoms with E-state index in [9.17, 15) is 96.3 Å². The zero-order chi connectivity index (χ0) is 112. The molecule has 0 amide bonds. The van der Waals surface area contributed by atoms with Gasteiger partial charge in [-0.2, -0.15) is 52.7 Å². The average molecular weight is 2540 g/mol. The van der Waals surface area contributed by atoms with Gasteiger partial charge in [0, 0.05) is 100.0 Å². The molecule has 149 heavy (non-hydrogen) atoms. The third kappa shape index (κ3) is 28.5. The number of pyridine rings is 6. The van der Waals surface area contributed by atoms with Gasteiger partial charge in [0.1, 0.15) is 51.4 Å². The van der Waals surface area contributed by atoms with E-state index in [-0.39, 0.29) is 55.5 Å². The number of halogens is 20. The molecule has 0 radical (unpaired) electrons. The smallest absolute Gasteiger partial charge is 0.382 e. The Kier molecular flexibility index (Phi) is 43.6.